The van der Waals surface area contributed by atoms with E-state index in [-0.39, 0.29) is 5.91 Å². The Hall–Kier alpha value is -0.760. The Morgan fingerprint density at radius 2 is 2.22 bits per heavy atom. The number of fused-ring (bicyclic) bond motifs is 1. The van der Waals surface area contributed by atoms with E-state index in [2.05, 4.69) is 32.3 Å². The van der Waals surface area contributed by atoms with Crippen molar-refractivity contribution in [2.75, 3.05) is 26.7 Å². The van der Waals surface area contributed by atoms with Gasteiger partial charge in [-0.1, -0.05) is 0 Å². The fraction of sp³-hybridized carbons (Fsp3) is 0.500. The Morgan fingerprint density at radius 3 is 2.91 bits per heavy atom. The molecule has 1 amide bonds. The number of carbonyl (C=O) groups is 1. The lowest BCUT2D eigenvalue weighted by atomic mass is 10.2. The number of piperidine rings is 1. The van der Waals surface area contributed by atoms with E-state index < -0.39 is 0 Å². The molecule has 1 N–H and O–H groups in total. The zero-order valence-corrected chi connectivity index (χ0v) is 16.0. The van der Waals surface area contributed by atoms with E-state index in [0.29, 0.717) is 12.3 Å². The zero-order chi connectivity index (χ0) is 16.0. The van der Waals surface area contributed by atoms with Crippen LogP contribution in [-0.4, -0.2) is 42.5 Å². The summed E-state index contributed by atoms with van der Waals surface area (Å²) >= 11 is 6.75. The van der Waals surface area contributed by atoms with Crippen molar-refractivity contribution in [1.82, 2.24) is 15.2 Å². The van der Waals surface area contributed by atoms with Gasteiger partial charge in [-0.15, -0.1) is 22.7 Å². The molecule has 2 aromatic rings. The van der Waals surface area contributed by atoms with Gasteiger partial charge in [-0.2, -0.15) is 0 Å². The fourth-order valence-electron chi connectivity index (χ4n) is 3.46. The first-order chi connectivity index (χ1) is 11.1. The number of amides is 1. The maximum Gasteiger partial charge on any atom is 0.228 e. The molecule has 4 rings (SSSR count). The molecule has 23 heavy (non-hydrogen) atoms. The van der Waals surface area contributed by atoms with Crippen molar-refractivity contribution in [3.8, 4) is 9.88 Å². The molecule has 1 aliphatic carbocycles. The highest BCUT2D eigenvalue weighted by molar-refractivity contribution is 9.11. The summed E-state index contributed by atoms with van der Waals surface area (Å²) in [7, 11) is 1.92. The highest BCUT2D eigenvalue weighted by Gasteiger charge is 2.52. The number of carbonyl (C=O) groups excluding carboxylic acids is 1. The van der Waals surface area contributed by atoms with E-state index in [1.165, 1.54) is 0 Å². The standard InChI is InChI=1S/C16H18BrN3OS2/c1-20(7-12-10-5-18-6-11(10)12)15(21)4-9-8-22-16(19-9)13-2-3-14(17)23-13/h2-3,8,10-12,18H,4-7H2,1H3/t10-,11+,12?. The van der Waals surface area contributed by atoms with E-state index in [9.17, 15) is 4.79 Å². The Morgan fingerprint density at radius 1 is 1.43 bits per heavy atom. The predicted octanol–water partition coefficient (Wildman–Crippen LogP) is 3.10. The van der Waals surface area contributed by atoms with E-state index in [1.807, 2.05) is 23.4 Å². The van der Waals surface area contributed by atoms with Crippen LogP contribution >= 0.6 is 38.6 Å². The molecule has 2 aromatic heterocycles. The molecule has 2 fully saturated rings. The second-order valence-electron chi connectivity index (χ2n) is 6.35. The van der Waals surface area contributed by atoms with Gasteiger partial charge in [-0.25, -0.2) is 4.98 Å². The lowest BCUT2D eigenvalue weighted by Crippen LogP contribution is -2.32. The summed E-state index contributed by atoms with van der Waals surface area (Å²) in [5.74, 6) is 2.48. The van der Waals surface area contributed by atoms with Gasteiger partial charge in [-0.3, -0.25) is 4.79 Å². The summed E-state index contributed by atoms with van der Waals surface area (Å²) in [4.78, 5) is 20.1. The van der Waals surface area contributed by atoms with Crippen LogP contribution < -0.4 is 5.32 Å². The van der Waals surface area contributed by atoms with Crippen molar-refractivity contribution in [3.63, 3.8) is 0 Å². The summed E-state index contributed by atoms with van der Waals surface area (Å²) in [6.07, 6.45) is 0.403. The molecule has 1 unspecified atom stereocenters. The van der Waals surface area contributed by atoms with Gasteiger partial charge in [0.05, 0.1) is 20.8 Å². The van der Waals surface area contributed by atoms with Crippen molar-refractivity contribution < 1.29 is 4.79 Å². The summed E-state index contributed by atoms with van der Waals surface area (Å²) in [6, 6.07) is 4.09. The van der Waals surface area contributed by atoms with Crippen LogP contribution in [0.3, 0.4) is 0 Å². The fourth-order valence-corrected chi connectivity index (χ4v) is 5.73. The average Bonchev–Trinajstić information content (AvgIpc) is 3.03. The molecule has 3 atom stereocenters. The van der Waals surface area contributed by atoms with Crippen LogP contribution in [0.4, 0.5) is 0 Å². The van der Waals surface area contributed by atoms with Gasteiger partial charge in [0.15, 0.2) is 0 Å². The van der Waals surface area contributed by atoms with Gasteiger partial charge in [-0.05, 0) is 58.9 Å². The average molecular weight is 412 g/mol. The second-order valence-corrected chi connectivity index (χ2v) is 9.67. The normalized spacial score (nSPS) is 25.4. The molecule has 4 nitrogen and oxygen atoms in total. The maximum absolute atomic E-state index is 12.4. The van der Waals surface area contributed by atoms with Gasteiger partial charge in [0.2, 0.25) is 5.91 Å². The largest absolute Gasteiger partial charge is 0.345 e. The molecule has 0 aromatic carbocycles. The van der Waals surface area contributed by atoms with Crippen LogP contribution in [0.1, 0.15) is 5.69 Å². The first-order valence-corrected chi connectivity index (χ1v) is 10.3. The van der Waals surface area contributed by atoms with Crippen molar-refractivity contribution in [2.24, 2.45) is 17.8 Å². The third-order valence-electron chi connectivity index (χ3n) is 4.85. The Balaban J connectivity index is 1.34. The minimum atomic E-state index is 0.173. The van der Waals surface area contributed by atoms with E-state index in [0.717, 1.165) is 50.8 Å². The van der Waals surface area contributed by atoms with Crippen LogP contribution in [0.15, 0.2) is 21.3 Å². The molecule has 0 radical (unpaired) electrons. The van der Waals surface area contributed by atoms with Gasteiger partial charge in [0.1, 0.15) is 5.01 Å². The molecule has 2 aliphatic rings. The van der Waals surface area contributed by atoms with E-state index in [4.69, 9.17) is 0 Å². The number of nitrogens with zero attached hydrogens (tertiary/aromatic N) is 2. The van der Waals surface area contributed by atoms with Gasteiger partial charge < -0.3 is 10.2 Å². The van der Waals surface area contributed by atoms with Crippen LogP contribution in [0.5, 0.6) is 0 Å². The Kier molecular flexibility index (Phi) is 4.30. The lowest BCUT2D eigenvalue weighted by Gasteiger charge is -2.17. The summed E-state index contributed by atoms with van der Waals surface area (Å²) in [5.41, 5.74) is 0.879. The SMILES string of the molecule is CN(CC1[C@H]2CNC[C@@H]12)C(=O)Cc1csc(-c2ccc(Br)s2)n1. The molecule has 1 aliphatic heterocycles. The molecule has 122 valence electrons. The molecule has 1 saturated carbocycles. The predicted molar refractivity (Wildman–Crippen MR) is 97.8 cm³/mol. The van der Waals surface area contributed by atoms with Crippen molar-refractivity contribution in [1.29, 1.82) is 0 Å². The first kappa shape index (κ1) is 15.7. The Bertz CT molecular complexity index is 718. The number of thiazole rings is 1. The molecule has 1 saturated heterocycles. The summed E-state index contributed by atoms with van der Waals surface area (Å²) in [6.45, 7) is 3.15. The molecule has 3 heterocycles. The van der Waals surface area contributed by atoms with Gasteiger partial charge in [0, 0.05) is 19.0 Å². The van der Waals surface area contributed by atoms with E-state index >= 15 is 0 Å². The summed E-state index contributed by atoms with van der Waals surface area (Å²) in [5, 5.41) is 6.40. The maximum atomic E-state index is 12.4. The quantitative estimate of drug-likeness (QED) is 0.821. The first-order valence-electron chi connectivity index (χ1n) is 7.76. The number of halogens is 1. The lowest BCUT2D eigenvalue weighted by molar-refractivity contribution is -0.129. The Labute approximate surface area is 152 Å². The summed E-state index contributed by atoms with van der Waals surface area (Å²) < 4.78 is 1.10. The molecular formula is C16H18BrN3OS2. The monoisotopic (exact) mass is 411 g/mol. The smallest absolute Gasteiger partial charge is 0.228 e. The number of hydrogen-bond acceptors (Lipinski definition) is 5. The van der Waals surface area contributed by atoms with E-state index in [1.54, 1.807) is 22.7 Å². The number of nitrogens with one attached hydrogen (secondary N) is 1. The zero-order valence-electron chi connectivity index (χ0n) is 12.8. The number of thiophene rings is 1. The molecule has 0 spiro atoms. The van der Waals surface area contributed by atoms with Gasteiger partial charge >= 0.3 is 0 Å². The minimum Gasteiger partial charge on any atom is -0.345 e. The van der Waals surface area contributed by atoms with Crippen molar-refractivity contribution in [3.05, 3.63) is 27.0 Å². The van der Waals surface area contributed by atoms with Crippen molar-refractivity contribution >= 4 is 44.5 Å². The number of rotatable bonds is 5. The van der Waals surface area contributed by atoms with Gasteiger partial charge in [0.25, 0.3) is 0 Å². The van der Waals surface area contributed by atoms with Crippen LogP contribution in [0, 0.1) is 17.8 Å². The third kappa shape index (κ3) is 3.24. The molecular weight excluding hydrogens is 394 g/mol. The molecule has 7 heteroatoms. The molecule has 0 bridgehead atoms. The topological polar surface area (TPSA) is 45.2 Å². The number of likely N-dealkylation sites (N-methyl/N-ethyl adjacent to an activating group) is 1. The van der Waals surface area contributed by atoms with Crippen molar-refractivity contribution in [2.45, 2.75) is 6.42 Å². The number of hydrogen-bond donors (Lipinski definition) is 1. The number of aromatic nitrogens is 1. The minimum absolute atomic E-state index is 0.173. The highest BCUT2D eigenvalue weighted by atomic mass is 79.9. The highest BCUT2D eigenvalue weighted by Crippen LogP contribution is 2.48. The second kappa shape index (κ2) is 6.27. The third-order valence-corrected chi connectivity index (χ3v) is 7.53. The van der Waals surface area contributed by atoms with Crippen LogP contribution in [0.2, 0.25) is 0 Å². The van der Waals surface area contributed by atoms with Crippen LogP contribution in [-0.2, 0) is 11.2 Å². The van der Waals surface area contributed by atoms with Crippen LogP contribution in [0.25, 0.3) is 9.88 Å².